The molecule has 1 fully saturated rings. The fourth-order valence-electron chi connectivity index (χ4n) is 2.14. The van der Waals surface area contributed by atoms with E-state index < -0.39 is 0 Å². The summed E-state index contributed by atoms with van der Waals surface area (Å²) in [4.78, 5) is 0. The van der Waals surface area contributed by atoms with Crippen molar-refractivity contribution < 1.29 is 8.91 Å². The molecule has 0 radical (unpaired) electrons. The molecule has 2 heterocycles. The van der Waals surface area contributed by atoms with Gasteiger partial charge in [-0.05, 0) is 43.7 Å². The van der Waals surface area contributed by atoms with Crippen LogP contribution < -0.4 is 5.32 Å². The molecule has 1 aliphatic heterocycles. The first-order valence-electron chi connectivity index (χ1n) is 5.79. The van der Waals surface area contributed by atoms with Crippen molar-refractivity contribution in [3.05, 3.63) is 41.8 Å². The van der Waals surface area contributed by atoms with Gasteiger partial charge in [0.05, 0.1) is 6.04 Å². The van der Waals surface area contributed by atoms with Crippen molar-refractivity contribution in [3.8, 4) is 11.3 Å². The van der Waals surface area contributed by atoms with E-state index in [1.54, 1.807) is 12.1 Å². The Hall–Kier alpha value is -1.68. The quantitative estimate of drug-likeness (QED) is 0.865. The smallest absolute Gasteiger partial charge is 0.167 e. The van der Waals surface area contributed by atoms with Crippen molar-refractivity contribution >= 4 is 0 Å². The summed E-state index contributed by atoms with van der Waals surface area (Å²) >= 11 is 0. The second kappa shape index (κ2) is 4.30. The summed E-state index contributed by atoms with van der Waals surface area (Å²) in [5.74, 6) is 0.444. The van der Waals surface area contributed by atoms with E-state index in [9.17, 15) is 4.39 Å². The molecular weight excluding hydrogens is 219 g/mol. The number of hydrogen-bond acceptors (Lipinski definition) is 3. The average Bonchev–Trinajstić information content (AvgIpc) is 3.00. The number of rotatable bonds is 2. The van der Waals surface area contributed by atoms with E-state index in [4.69, 9.17) is 4.52 Å². The third-order valence-corrected chi connectivity index (χ3v) is 3.07. The molecule has 4 heteroatoms. The van der Waals surface area contributed by atoms with Crippen LogP contribution in [0.5, 0.6) is 0 Å². The van der Waals surface area contributed by atoms with Crippen molar-refractivity contribution in [2.75, 3.05) is 6.54 Å². The summed E-state index contributed by atoms with van der Waals surface area (Å²) in [5.41, 5.74) is 1.78. The molecule has 0 spiro atoms. The minimum Gasteiger partial charge on any atom is -0.356 e. The number of nitrogens with one attached hydrogen (secondary N) is 1. The lowest BCUT2D eigenvalue weighted by atomic mass is 10.1. The van der Waals surface area contributed by atoms with Crippen molar-refractivity contribution in [1.82, 2.24) is 10.5 Å². The number of benzene rings is 1. The van der Waals surface area contributed by atoms with Gasteiger partial charge in [0.15, 0.2) is 5.76 Å². The van der Waals surface area contributed by atoms with E-state index >= 15 is 0 Å². The predicted molar refractivity (Wildman–Crippen MR) is 61.9 cm³/mol. The Morgan fingerprint density at radius 2 is 2.12 bits per heavy atom. The van der Waals surface area contributed by atoms with Gasteiger partial charge in [-0.2, -0.15) is 0 Å². The lowest BCUT2D eigenvalue weighted by molar-refractivity contribution is 0.412. The lowest BCUT2D eigenvalue weighted by Gasteiger charge is -2.02. The van der Waals surface area contributed by atoms with Gasteiger partial charge in [-0.15, -0.1) is 0 Å². The van der Waals surface area contributed by atoms with Crippen LogP contribution in [0.4, 0.5) is 4.39 Å². The Labute approximate surface area is 98.6 Å². The van der Waals surface area contributed by atoms with Crippen LogP contribution in [0.3, 0.4) is 0 Å². The minimum absolute atomic E-state index is 0.244. The molecule has 2 aromatic rings. The lowest BCUT2D eigenvalue weighted by Crippen LogP contribution is -2.12. The van der Waals surface area contributed by atoms with E-state index in [2.05, 4.69) is 10.5 Å². The van der Waals surface area contributed by atoms with Gasteiger partial charge in [0.1, 0.15) is 11.5 Å². The molecule has 0 saturated carbocycles. The standard InChI is InChI=1S/C13H13FN2O/c14-10-5-3-9(4-6-10)13-8-12(16-17-13)11-2-1-7-15-11/h3-6,8,11,15H,1-2,7H2. The number of halogens is 1. The highest BCUT2D eigenvalue weighted by atomic mass is 19.1. The van der Waals surface area contributed by atoms with Gasteiger partial charge in [-0.1, -0.05) is 5.16 Å². The van der Waals surface area contributed by atoms with Crippen molar-refractivity contribution in [2.45, 2.75) is 18.9 Å². The molecule has 1 aromatic heterocycles. The largest absolute Gasteiger partial charge is 0.356 e. The van der Waals surface area contributed by atoms with Crippen LogP contribution in [-0.4, -0.2) is 11.7 Å². The molecule has 1 aromatic carbocycles. The molecular formula is C13H13FN2O. The van der Waals surface area contributed by atoms with Crippen molar-refractivity contribution in [3.63, 3.8) is 0 Å². The molecule has 1 aliphatic rings. The van der Waals surface area contributed by atoms with E-state index in [0.29, 0.717) is 11.8 Å². The van der Waals surface area contributed by atoms with Crippen LogP contribution in [0.25, 0.3) is 11.3 Å². The molecule has 0 aliphatic carbocycles. The van der Waals surface area contributed by atoms with Gasteiger partial charge in [0.2, 0.25) is 0 Å². The van der Waals surface area contributed by atoms with Crippen LogP contribution in [0.2, 0.25) is 0 Å². The van der Waals surface area contributed by atoms with Gasteiger partial charge >= 0.3 is 0 Å². The second-order valence-corrected chi connectivity index (χ2v) is 4.27. The molecule has 1 N–H and O–H groups in total. The van der Waals surface area contributed by atoms with Crippen LogP contribution in [0.1, 0.15) is 24.6 Å². The summed E-state index contributed by atoms with van der Waals surface area (Å²) < 4.78 is 18.1. The van der Waals surface area contributed by atoms with Gasteiger partial charge in [-0.25, -0.2) is 4.39 Å². The Bertz CT molecular complexity index is 500. The first kappa shape index (κ1) is 10.5. The summed E-state index contributed by atoms with van der Waals surface area (Å²) in [6, 6.07) is 8.46. The zero-order chi connectivity index (χ0) is 11.7. The molecule has 17 heavy (non-hydrogen) atoms. The molecule has 3 rings (SSSR count). The Morgan fingerprint density at radius 1 is 1.29 bits per heavy atom. The van der Waals surface area contributed by atoms with E-state index in [0.717, 1.165) is 24.2 Å². The summed E-state index contributed by atoms with van der Waals surface area (Å²) in [5, 5.41) is 7.43. The van der Waals surface area contributed by atoms with E-state index in [1.807, 2.05) is 6.07 Å². The molecule has 0 bridgehead atoms. The average molecular weight is 232 g/mol. The first-order chi connectivity index (χ1) is 8.33. The molecule has 88 valence electrons. The highest BCUT2D eigenvalue weighted by molar-refractivity contribution is 5.57. The van der Waals surface area contributed by atoms with Gasteiger partial charge in [0, 0.05) is 11.6 Å². The molecule has 1 atom stereocenters. The summed E-state index contributed by atoms with van der Waals surface area (Å²) in [6.45, 7) is 1.03. The van der Waals surface area contributed by atoms with Gasteiger partial charge in [0.25, 0.3) is 0 Å². The van der Waals surface area contributed by atoms with Crippen LogP contribution >= 0.6 is 0 Å². The molecule has 0 amide bonds. The molecule has 1 saturated heterocycles. The van der Waals surface area contributed by atoms with Crippen LogP contribution in [0, 0.1) is 5.82 Å². The monoisotopic (exact) mass is 232 g/mol. The van der Waals surface area contributed by atoms with Crippen LogP contribution in [-0.2, 0) is 0 Å². The summed E-state index contributed by atoms with van der Waals surface area (Å²) in [7, 11) is 0. The third-order valence-electron chi connectivity index (χ3n) is 3.07. The van der Waals surface area contributed by atoms with Crippen molar-refractivity contribution in [1.29, 1.82) is 0 Å². The third kappa shape index (κ3) is 2.08. The minimum atomic E-state index is -0.244. The maximum atomic E-state index is 12.8. The first-order valence-corrected chi connectivity index (χ1v) is 5.79. The fraction of sp³-hybridized carbons (Fsp3) is 0.308. The Balaban J connectivity index is 1.86. The van der Waals surface area contributed by atoms with Gasteiger partial charge in [-0.3, -0.25) is 0 Å². The Morgan fingerprint density at radius 3 is 2.82 bits per heavy atom. The topological polar surface area (TPSA) is 38.1 Å². The SMILES string of the molecule is Fc1ccc(-c2cc(C3CCCN3)no2)cc1. The fourth-order valence-corrected chi connectivity index (χ4v) is 2.14. The van der Waals surface area contributed by atoms with E-state index in [-0.39, 0.29) is 5.82 Å². The van der Waals surface area contributed by atoms with Crippen molar-refractivity contribution in [2.24, 2.45) is 0 Å². The maximum absolute atomic E-state index is 12.8. The normalized spacial score (nSPS) is 19.7. The van der Waals surface area contributed by atoms with Crippen LogP contribution in [0.15, 0.2) is 34.9 Å². The van der Waals surface area contributed by atoms with Gasteiger partial charge < -0.3 is 9.84 Å². The predicted octanol–water partition coefficient (Wildman–Crippen LogP) is 2.91. The zero-order valence-electron chi connectivity index (χ0n) is 9.32. The molecule has 1 unspecified atom stereocenters. The number of hydrogen-bond donors (Lipinski definition) is 1. The number of nitrogens with zero attached hydrogens (tertiary/aromatic N) is 1. The Kier molecular flexibility index (Phi) is 2.65. The number of aromatic nitrogens is 1. The summed E-state index contributed by atoms with van der Waals surface area (Å²) in [6.07, 6.45) is 2.26. The molecule has 3 nitrogen and oxygen atoms in total. The highest BCUT2D eigenvalue weighted by Crippen LogP contribution is 2.27. The highest BCUT2D eigenvalue weighted by Gasteiger charge is 2.20. The zero-order valence-corrected chi connectivity index (χ0v) is 9.32. The second-order valence-electron chi connectivity index (χ2n) is 4.27. The maximum Gasteiger partial charge on any atom is 0.167 e. The van der Waals surface area contributed by atoms with E-state index in [1.165, 1.54) is 18.6 Å².